The number of hydrogen-bond donors (Lipinski definition) is 3. The average Bonchev–Trinajstić information content (AvgIpc) is 3.00. The number of allylic oxidation sites excluding steroid dienone is 1. The largest absolute Gasteiger partial charge is 0.359 e. The predicted octanol–water partition coefficient (Wildman–Crippen LogP) is 2.81. The SMILES string of the molecule is C=C1CC[C@@]2(C)CCC3c4ccc(C(O)(OC)C(=O)NS(=O)(=O)O)cc4CCC3C12. The zero-order chi connectivity index (χ0) is 21.9. The van der Waals surface area contributed by atoms with Gasteiger partial charge in [0, 0.05) is 12.7 Å². The van der Waals surface area contributed by atoms with E-state index in [1.807, 2.05) is 6.07 Å². The highest BCUT2D eigenvalue weighted by atomic mass is 32.2. The molecule has 0 heterocycles. The number of benzene rings is 1. The first-order valence-corrected chi connectivity index (χ1v) is 11.8. The number of rotatable bonds is 4. The van der Waals surface area contributed by atoms with Gasteiger partial charge in [0.25, 0.3) is 11.7 Å². The lowest BCUT2D eigenvalue weighted by Crippen LogP contribution is -2.48. The minimum absolute atomic E-state index is 0.134. The van der Waals surface area contributed by atoms with Crippen molar-refractivity contribution in [3.8, 4) is 0 Å². The molecule has 164 valence electrons. The fourth-order valence-corrected chi connectivity index (χ4v) is 6.65. The molecule has 3 aliphatic rings. The van der Waals surface area contributed by atoms with Gasteiger partial charge in [-0.1, -0.05) is 31.2 Å². The molecular formula is C22H29NO6S. The van der Waals surface area contributed by atoms with Crippen molar-refractivity contribution in [2.24, 2.45) is 17.3 Å². The predicted molar refractivity (Wildman–Crippen MR) is 111 cm³/mol. The Labute approximate surface area is 177 Å². The van der Waals surface area contributed by atoms with Crippen LogP contribution >= 0.6 is 0 Å². The molecule has 0 aromatic heterocycles. The summed E-state index contributed by atoms with van der Waals surface area (Å²) in [6.45, 7) is 6.77. The molecule has 0 spiro atoms. The summed E-state index contributed by atoms with van der Waals surface area (Å²) in [5, 5.41) is 10.7. The number of nitrogens with one attached hydrogen (secondary N) is 1. The average molecular weight is 436 g/mol. The second-order valence-corrected chi connectivity index (χ2v) is 10.5. The standard InChI is InChI=1S/C22H29NO6S/c1-13-8-10-21(2)11-9-17-16-7-5-15(12-14(16)4-6-18(17)19(13)21)22(25,29-3)20(24)23-30(26,27)28/h5,7,12,17-19,25H,1,4,6,8-11H2,2-3H3,(H,23,24)(H,26,27,28)/t17?,18?,19?,21-,22?/m0/s1. The Morgan fingerprint density at radius 2 is 2.03 bits per heavy atom. The Morgan fingerprint density at radius 3 is 2.70 bits per heavy atom. The van der Waals surface area contributed by atoms with Gasteiger partial charge in [0.15, 0.2) is 0 Å². The zero-order valence-electron chi connectivity index (χ0n) is 17.3. The molecule has 2 fully saturated rings. The minimum Gasteiger partial charge on any atom is -0.354 e. The van der Waals surface area contributed by atoms with Gasteiger partial charge in [-0.3, -0.25) is 9.35 Å². The van der Waals surface area contributed by atoms with Crippen molar-refractivity contribution in [1.29, 1.82) is 0 Å². The van der Waals surface area contributed by atoms with Crippen LogP contribution in [0.2, 0.25) is 0 Å². The van der Waals surface area contributed by atoms with Gasteiger partial charge in [0.1, 0.15) is 0 Å². The van der Waals surface area contributed by atoms with Gasteiger partial charge in [-0.25, -0.2) is 4.72 Å². The summed E-state index contributed by atoms with van der Waals surface area (Å²) >= 11 is 0. The van der Waals surface area contributed by atoms with E-state index >= 15 is 0 Å². The number of fused-ring (bicyclic) bond motifs is 5. The second-order valence-electron chi connectivity index (χ2n) is 9.31. The van der Waals surface area contributed by atoms with Gasteiger partial charge < -0.3 is 9.84 Å². The molecule has 4 unspecified atom stereocenters. The molecule has 8 heteroatoms. The molecule has 0 aliphatic heterocycles. The maximum absolute atomic E-state index is 12.3. The van der Waals surface area contributed by atoms with E-state index in [1.54, 1.807) is 12.1 Å². The fourth-order valence-electron chi connectivity index (χ4n) is 6.28. The lowest BCUT2D eigenvalue weighted by Gasteiger charge is -2.49. The number of amides is 1. The smallest absolute Gasteiger partial charge is 0.354 e. The summed E-state index contributed by atoms with van der Waals surface area (Å²) < 4.78 is 37.3. The number of carbonyl (C=O) groups excluding carboxylic acids is 1. The first-order chi connectivity index (χ1) is 14.0. The molecule has 2 saturated carbocycles. The van der Waals surface area contributed by atoms with Crippen LogP contribution in [0.15, 0.2) is 30.4 Å². The molecule has 0 bridgehead atoms. The maximum Gasteiger partial charge on any atom is 0.359 e. The van der Waals surface area contributed by atoms with Gasteiger partial charge in [-0.15, -0.1) is 0 Å². The molecule has 1 amide bonds. The van der Waals surface area contributed by atoms with E-state index < -0.39 is 22.0 Å². The van der Waals surface area contributed by atoms with Crippen LogP contribution in [0.3, 0.4) is 0 Å². The third-order valence-corrected chi connectivity index (χ3v) is 8.13. The topological polar surface area (TPSA) is 113 Å². The first kappa shape index (κ1) is 21.5. The normalized spacial score (nSPS) is 32.5. The summed E-state index contributed by atoms with van der Waals surface area (Å²) in [5.41, 5.74) is 4.12. The maximum atomic E-state index is 12.3. The fraction of sp³-hybridized carbons (Fsp3) is 0.591. The Hall–Kier alpha value is -1.74. The van der Waals surface area contributed by atoms with Gasteiger partial charge in [0.2, 0.25) is 0 Å². The number of ether oxygens (including phenoxy) is 1. The number of aryl methyl sites for hydroxylation is 1. The van der Waals surface area contributed by atoms with E-state index in [0.29, 0.717) is 23.2 Å². The van der Waals surface area contributed by atoms with Crippen LogP contribution < -0.4 is 4.72 Å². The highest BCUT2D eigenvalue weighted by molar-refractivity contribution is 7.84. The van der Waals surface area contributed by atoms with Crippen molar-refractivity contribution in [3.63, 3.8) is 0 Å². The van der Waals surface area contributed by atoms with Crippen molar-refractivity contribution in [2.45, 2.75) is 57.2 Å². The molecule has 7 nitrogen and oxygen atoms in total. The van der Waals surface area contributed by atoms with Crippen molar-refractivity contribution in [1.82, 2.24) is 4.72 Å². The monoisotopic (exact) mass is 435 g/mol. The molecular weight excluding hydrogens is 406 g/mol. The van der Waals surface area contributed by atoms with Crippen molar-refractivity contribution >= 4 is 16.2 Å². The highest BCUT2D eigenvalue weighted by Gasteiger charge is 2.52. The van der Waals surface area contributed by atoms with E-state index in [0.717, 1.165) is 44.8 Å². The molecule has 1 aromatic rings. The quantitative estimate of drug-likeness (QED) is 0.381. The molecule has 3 N–H and O–H groups in total. The Balaban J connectivity index is 1.66. The van der Waals surface area contributed by atoms with Crippen LogP contribution in [0.25, 0.3) is 0 Å². The van der Waals surface area contributed by atoms with Crippen molar-refractivity contribution in [2.75, 3.05) is 7.11 Å². The number of methoxy groups -OCH3 is 1. The molecule has 4 rings (SSSR count). The van der Waals surface area contributed by atoms with E-state index in [4.69, 9.17) is 9.29 Å². The van der Waals surface area contributed by atoms with E-state index in [1.165, 1.54) is 22.3 Å². The third-order valence-electron chi connectivity index (χ3n) is 7.68. The van der Waals surface area contributed by atoms with Gasteiger partial charge in [-0.05, 0) is 78.9 Å². The number of hydrogen-bond acceptors (Lipinski definition) is 5. The van der Waals surface area contributed by atoms with Crippen LogP contribution in [0.4, 0.5) is 0 Å². The Kier molecular flexibility index (Phi) is 5.12. The van der Waals surface area contributed by atoms with Crippen molar-refractivity contribution in [3.05, 3.63) is 47.0 Å². The molecule has 5 atom stereocenters. The van der Waals surface area contributed by atoms with E-state index in [9.17, 15) is 18.3 Å². The van der Waals surface area contributed by atoms with Gasteiger partial charge in [-0.2, -0.15) is 8.42 Å². The van der Waals surface area contributed by atoms with Crippen LogP contribution in [-0.4, -0.2) is 31.1 Å². The summed E-state index contributed by atoms with van der Waals surface area (Å²) in [4.78, 5) is 12.3. The lowest BCUT2D eigenvalue weighted by atomic mass is 9.55. The Morgan fingerprint density at radius 1 is 1.30 bits per heavy atom. The minimum atomic E-state index is -4.83. The van der Waals surface area contributed by atoms with Gasteiger partial charge in [0.05, 0.1) is 0 Å². The molecule has 30 heavy (non-hydrogen) atoms. The van der Waals surface area contributed by atoms with Crippen LogP contribution in [0, 0.1) is 17.3 Å². The molecule has 0 saturated heterocycles. The molecule has 1 aromatic carbocycles. The Bertz CT molecular complexity index is 1000. The zero-order valence-corrected chi connectivity index (χ0v) is 18.2. The summed E-state index contributed by atoms with van der Waals surface area (Å²) in [6, 6.07) is 5.24. The van der Waals surface area contributed by atoms with Crippen LogP contribution in [0.1, 0.15) is 61.6 Å². The summed E-state index contributed by atoms with van der Waals surface area (Å²) in [7, 11) is -3.72. The van der Waals surface area contributed by atoms with E-state index in [-0.39, 0.29) is 5.56 Å². The van der Waals surface area contributed by atoms with Crippen molar-refractivity contribution < 1.29 is 27.6 Å². The number of aliphatic hydroxyl groups is 1. The lowest BCUT2D eigenvalue weighted by molar-refractivity contribution is -0.200. The van der Waals surface area contributed by atoms with Crippen LogP contribution in [-0.2, 0) is 32.0 Å². The molecule has 3 aliphatic carbocycles. The third kappa shape index (κ3) is 3.39. The summed E-state index contributed by atoms with van der Waals surface area (Å²) in [5.74, 6) is -2.37. The second kappa shape index (κ2) is 7.15. The van der Waals surface area contributed by atoms with E-state index in [2.05, 4.69) is 13.5 Å². The summed E-state index contributed by atoms with van der Waals surface area (Å²) in [6.07, 6.45) is 6.43. The number of carbonyl (C=O) groups is 1. The highest BCUT2D eigenvalue weighted by Crippen LogP contribution is 2.62. The molecule has 0 radical (unpaired) electrons. The van der Waals surface area contributed by atoms with Crippen LogP contribution in [0.5, 0.6) is 0 Å². The first-order valence-electron chi connectivity index (χ1n) is 10.4. The van der Waals surface area contributed by atoms with Gasteiger partial charge >= 0.3 is 10.3 Å².